The van der Waals surface area contributed by atoms with Crippen molar-refractivity contribution >= 4 is 11.7 Å². The Kier molecular flexibility index (Phi) is 4.25. The minimum Gasteiger partial charge on any atom is -0.461 e. The Balaban J connectivity index is 2.69. The first-order chi connectivity index (χ1) is 7.56. The van der Waals surface area contributed by atoms with Gasteiger partial charge in [0.05, 0.1) is 19.4 Å². The molecule has 0 radical (unpaired) electrons. The summed E-state index contributed by atoms with van der Waals surface area (Å²) in [6.07, 6.45) is 1.43. The molecule has 5 nitrogen and oxygen atoms in total. The summed E-state index contributed by atoms with van der Waals surface area (Å²) < 4.78 is 4.97. The van der Waals surface area contributed by atoms with Crippen molar-refractivity contribution in [2.45, 2.75) is 19.9 Å². The fourth-order valence-electron chi connectivity index (χ4n) is 1.35. The normalized spacial score (nSPS) is 10.5. The van der Waals surface area contributed by atoms with Crippen molar-refractivity contribution in [2.75, 3.05) is 13.1 Å². The van der Waals surface area contributed by atoms with Crippen molar-refractivity contribution in [3.8, 4) is 0 Å². The number of nitrogens with two attached hydrogens (primary N) is 1. The van der Waals surface area contributed by atoms with Crippen molar-refractivity contribution in [1.82, 2.24) is 4.90 Å². The van der Waals surface area contributed by atoms with E-state index in [1.807, 2.05) is 13.8 Å². The molecular weight excluding hydrogens is 208 g/mol. The number of carbonyl (C=O) groups excluding carboxylic acids is 2. The van der Waals surface area contributed by atoms with Crippen molar-refractivity contribution in [3.63, 3.8) is 0 Å². The third-order valence-corrected chi connectivity index (χ3v) is 2.23. The molecule has 16 heavy (non-hydrogen) atoms. The minimum absolute atomic E-state index is 0.00120. The van der Waals surface area contributed by atoms with Gasteiger partial charge in [-0.15, -0.1) is 0 Å². The van der Waals surface area contributed by atoms with E-state index in [9.17, 15) is 9.59 Å². The molecule has 0 aliphatic heterocycles. The number of hydrogen-bond acceptors (Lipinski definition) is 4. The molecule has 1 aromatic rings. The van der Waals surface area contributed by atoms with Gasteiger partial charge in [0.15, 0.2) is 5.76 Å². The van der Waals surface area contributed by atoms with Crippen LogP contribution in [0.3, 0.4) is 0 Å². The summed E-state index contributed by atoms with van der Waals surface area (Å²) in [5, 5.41) is 0. The fourth-order valence-corrected chi connectivity index (χ4v) is 1.35. The van der Waals surface area contributed by atoms with Crippen LogP contribution in [0.25, 0.3) is 0 Å². The molecule has 0 unspecified atom stereocenters. The van der Waals surface area contributed by atoms with Crippen LogP contribution in [0.1, 0.15) is 24.4 Å². The maximum atomic E-state index is 11.7. The highest BCUT2D eigenvalue weighted by molar-refractivity contribution is 5.97. The highest BCUT2D eigenvalue weighted by Gasteiger charge is 2.20. The van der Waals surface area contributed by atoms with Crippen LogP contribution >= 0.6 is 0 Å². The van der Waals surface area contributed by atoms with Gasteiger partial charge >= 0.3 is 0 Å². The molecule has 1 rings (SSSR count). The molecular formula is C11H16N2O3. The zero-order chi connectivity index (χ0) is 12.1. The van der Waals surface area contributed by atoms with Crippen LogP contribution in [0.4, 0.5) is 0 Å². The first-order valence-electron chi connectivity index (χ1n) is 5.12. The summed E-state index contributed by atoms with van der Waals surface area (Å²) in [4.78, 5) is 24.6. The van der Waals surface area contributed by atoms with Crippen molar-refractivity contribution in [2.24, 2.45) is 5.73 Å². The maximum absolute atomic E-state index is 11.7. The third-order valence-electron chi connectivity index (χ3n) is 2.23. The Morgan fingerprint density at radius 1 is 1.50 bits per heavy atom. The molecule has 0 saturated heterocycles. The molecule has 0 saturated carbocycles. The van der Waals surface area contributed by atoms with E-state index < -0.39 is 0 Å². The van der Waals surface area contributed by atoms with Gasteiger partial charge in [-0.1, -0.05) is 0 Å². The number of carbonyl (C=O) groups is 2. The zero-order valence-electron chi connectivity index (χ0n) is 9.47. The number of nitrogens with zero attached hydrogens (tertiary/aromatic N) is 1. The van der Waals surface area contributed by atoms with Gasteiger partial charge in [0.2, 0.25) is 11.7 Å². The molecule has 0 aliphatic carbocycles. The van der Waals surface area contributed by atoms with Crippen molar-refractivity contribution in [3.05, 3.63) is 24.2 Å². The highest BCUT2D eigenvalue weighted by Crippen LogP contribution is 2.05. The predicted octanol–water partition coefficient (Wildman–Crippen LogP) is 0.658. The van der Waals surface area contributed by atoms with E-state index in [4.69, 9.17) is 10.2 Å². The lowest BCUT2D eigenvalue weighted by Crippen LogP contribution is -2.43. The molecule has 0 aromatic carbocycles. The van der Waals surface area contributed by atoms with E-state index in [2.05, 4.69) is 0 Å². The molecule has 88 valence electrons. The van der Waals surface area contributed by atoms with Gasteiger partial charge in [-0.3, -0.25) is 9.59 Å². The summed E-state index contributed by atoms with van der Waals surface area (Å²) in [6.45, 7) is 3.58. The van der Waals surface area contributed by atoms with E-state index in [0.29, 0.717) is 0 Å². The largest absolute Gasteiger partial charge is 0.461 e. The van der Waals surface area contributed by atoms with E-state index in [1.165, 1.54) is 11.2 Å². The molecule has 0 aliphatic rings. The number of Topliss-reactive ketones (excluding diaryl/α,β-unsaturated/α-hetero) is 1. The second kappa shape index (κ2) is 5.46. The lowest BCUT2D eigenvalue weighted by atomic mass is 10.2. The number of amides is 1. The number of furan rings is 1. The molecule has 1 heterocycles. The second-order valence-corrected chi connectivity index (χ2v) is 3.72. The predicted molar refractivity (Wildman–Crippen MR) is 58.9 cm³/mol. The quantitative estimate of drug-likeness (QED) is 0.745. The van der Waals surface area contributed by atoms with Crippen LogP contribution in [-0.4, -0.2) is 35.7 Å². The van der Waals surface area contributed by atoms with Crippen LogP contribution in [0.2, 0.25) is 0 Å². The third kappa shape index (κ3) is 2.93. The lowest BCUT2D eigenvalue weighted by molar-refractivity contribution is -0.130. The van der Waals surface area contributed by atoms with Gasteiger partial charge in [-0.25, -0.2) is 0 Å². The highest BCUT2D eigenvalue weighted by atomic mass is 16.3. The standard InChI is InChI=1S/C11H16N2O3/c1-8(2)13(11(15)6-12)7-9(14)10-4-3-5-16-10/h3-5,8H,6-7,12H2,1-2H3. The Bertz CT molecular complexity index is 357. The maximum Gasteiger partial charge on any atom is 0.236 e. The lowest BCUT2D eigenvalue weighted by Gasteiger charge is -2.25. The van der Waals surface area contributed by atoms with E-state index >= 15 is 0 Å². The van der Waals surface area contributed by atoms with Crippen molar-refractivity contribution < 1.29 is 14.0 Å². The molecule has 1 aromatic heterocycles. The van der Waals surface area contributed by atoms with Crippen LogP contribution < -0.4 is 5.73 Å². The molecule has 1 amide bonds. The first kappa shape index (κ1) is 12.4. The number of hydrogen-bond donors (Lipinski definition) is 1. The van der Waals surface area contributed by atoms with Gasteiger partial charge in [-0.2, -0.15) is 0 Å². The Labute approximate surface area is 94.2 Å². The first-order valence-corrected chi connectivity index (χ1v) is 5.12. The SMILES string of the molecule is CC(C)N(CC(=O)c1ccco1)C(=O)CN. The summed E-state index contributed by atoms with van der Waals surface area (Å²) in [6, 6.07) is 3.15. The Morgan fingerprint density at radius 2 is 2.19 bits per heavy atom. The average molecular weight is 224 g/mol. The van der Waals surface area contributed by atoms with Gasteiger partial charge in [0.1, 0.15) is 0 Å². The smallest absolute Gasteiger partial charge is 0.236 e. The Morgan fingerprint density at radius 3 is 2.62 bits per heavy atom. The van der Waals surface area contributed by atoms with Crippen LogP contribution in [0.5, 0.6) is 0 Å². The molecule has 2 N–H and O–H groups in total. The number of ketones is 1. The molecule has 5 heteroatoms. The molecule has 0 spiro atoms. The summed E-state index contributed by atoms with van der Waals surface area (Å²) in [7, 11) is 0. The minimum atomic E-state index is -0.241. The zero-order valence-corrected chi connectivity index (χ0v) is 9.47. The summed E-state index contributed by atoms with van der Waals surface area (Å²) in [5.74, 6) is -0.203. The average Bonchev–Trinajstić information content (AvgIpc) is 2.77. The summed E-state index contributed by atoms with van der Waals surface area (Å²) in [5.41, 5.74) is 5.28. The number of rotatable bonds is 5. The summed E-state index contributed by atoms with van der Waals surface area (Å²) >= 11 is 0. The van der Waals surface area contributed by atoms with Crippen LogP contribution in [-0.2, 0) is 4.79 Å². The topological polar surface area (TPSA) is 76.5 Å². The van der Waals surface area contributed by atoms with Gasteiger partial charge in [0, 0.05) is 6.04 Å². The van der Waals surface area contributed by atoms with E-state index in [1.54, 1.807) is 12.1 Å². The van der Waals surface area contributed by atoms with Gasteiger partial charge in [-0.05, 0) is 26.0 Å². The van der Waals surface area contributed by atoms with Crippen LogP contribution in [0.15, 0.2) is 22.8 Å². The molecule has 0 fully saturated rings. The molecule has 0 bridgehead atoms. The van der Waals surface area contributed by atoms with Crippen molar-refractivity contribution in [1.29, 1.82) is 0 Å². The van der Waals surface area contributed by atoms with E-state index in [-0.39, 0.29) is 36.6 Å². The van der Waals surface area contributed by atoms with Crippen LogP contribution in [0, 0.1) is 0 Å². The monoisotopic (exact) mass is 224 g/mol. The molecule has 0 atom stereocenters. The Hall–Kier alpha value is -1.62. The second-order valence-electron chi connectivity index (χ2n) is 3.72. The van der Waals surface area contributed by atoms with Gasteiger partial charge in [0.25, 0.3) is 0 Å². The van der Waals surface area contributed by atoms with E-state index in [0.717, 1.165) is 0 Å². The van der Waals surface area contributed by atoms with Gasteiger partial charge < -0.3 is 15.1 Å². The fraction of sp³-hybridized carbons (Fsp3) is 0.455.